The van der Waals surface area contributed by atoms with E-state index in [9.17, 15) is 18.0 Å². The van der Waals surface area contributed by atoms with Gasteiger partial charge in [-0.1, -0.05) is 0 Å². The number of carbonyl (C=O) groups excluding carboxylic acids is 1. The van der Waals surface area contributed by atoms with Crippen LogP contribution in [0.25, 0.3) is 0 Å². The minimum absolute atomic E-state index is 0.102. The van der Waals surface area contributed by atoms with Crippen LogP contribution in [0.15, 0.2) is 53.1 Å². The summed E-state index contributed by atoms with van der Waals surface area (Å²) in [5, 5.41) is 9.66. The van der Waals surface area contributed by atoms with Gasteiger partial charge >= 0.3 is 6.18 Å². The normalized spacial score (nSPS) is 18.0. The van der Waals surface area contributed by atoms with E-state index in [0.29, 0.717) is 11.4 Å². The summed E-state index contributed by atoms with van der Waals surface area (Å²) in [5.41, 5.74) is 1.45. The van der Waals surface area contributed by atoms with Crippen LogP contribution in [0.1, 0.15) is 48.6 Å². The summed E-state index contributed by atoms with van der Waals surface area (Å²) < 4.78 is 47.3. The van der Waals surface area contributed by atoms with Gasteiger partial charge in [0, 0.05) is 37.0 Å². The number of hydrogen-bond donors (Lipinski definition) is 2. The van der Waals surface area contributed by atoms with Crippen LogP contribution in [0.5, 0.6) is 0 Å². The quantitative estimate of drug-likeness (QED) is 0.541. The first-order valence-corrected chi connectivity index (χ1v) is 10.4. The Morgan fingerprint density at radius 1 is 1.25 bits per heavy atom. The molecule has 1 aliphatic heterocycles. The van der Waals surface area contributed by atoms with Gasteiger partial charge in [0.2, 0.25) is 0 Å². The van der Waals surface area contributed by atoms with E-state index in [1.165, 1.54) is 12.3 Å². The minimum atomic E-state index is -4.53. The predicted molar refractivity (Wildman–Crippen MR) is 115 cm³/mol. The standard InChI is InChI=1S/C22H24F3N5O2/c1-3-29(4-2)15-9-7-14(8-10-15)26-21(31)17-13-20-27-16(18-6-5-11-32-18)12-19(22(23,24)25)30(20)28-17/h5-11,13,16,19,27H,3-4,12H2,1-2H3,(H,26,31)/t16-,19-/m0/s1. The van der Waals surface area contributed by atoms with Crippen molar-refractivity contribution in [1.82, 2.24) is 9.78 Å². The zero-order valence-electron chi connectivity index (χ0n) is 17.7. The Bertz CT molecular complexity index is 1060. The van der Waals surface area contributed by atoms with Crippen LogP contribution < -0.4 is 15.5 Å². The minimum Gasteiger partial charge on any atom is -0.467 e. The average molecular weight is 447 g/mol. The molecule has 0 unspecified atom stereocenters. The maximum absolute atomic E-state index is 13.7. The molecule has 7 nitrogen and oxygen atoms in total. The lowest BCUT2D eigenvalue weighted by Crippen LogP contribution is -2.35. The van der Waals surface area contributed by atoms with Crippen molar-refractivity contribution in [1.29, 1.82) is 0 Å². The largest absolute Gasteiger partial charge is 0.467 e. The van der Waals surface area contributed by atoms with E-state index in [1.807, 2.05) is 12.1 Å². The van der Waals surface area contributed by atoms with Crippen molar-refractivity contribution >= 4 is 23.1 Å². The van der Waals surface area contributed by atoms with E-state index in [4.69, 9.17) is 4.42 Å². The topological polar surface area (TPSA) is 75.3 Å². The van der Waals surface area contributed by atoms with Gasteiger partial charge in [0.25, 0.3) is 5.91 Å². The molecule has 0 radical (unpaired) electrons. The van der Waals surface area contributed by atoms with Gasteiger partial charge in [0.1, 0.15) is 11.6 Å². The molecule has 0 bridgehead atoms. The Hall–Kier alpha value is -3.43. The van der Waals surface area contributed by atoms with Crippen molar-refractivity contribution in [3.63, 3.8) is 0 Å². The molecular weight excluding hydrogens is 423 g/mol. The van der Waals surface area contributed by atoms with E-state index in [2.05, 4.69) is 34.5 Å². The molecule has 0 aliphatic carbocycles. The van der Waals surface area contributed by atoms with Crippen LogP contribution in [-0.4, -0.2) is 35.0 Å². The number of amides is 1. The lowest BCUT2D eigenvalue weighted by atomic mass is 10.0. The number of rotatable bonds is 6. The third kappa shape index (κ3) is 4.30. The SMILES string of the molecule is CCN(CC)c1ccc(NC(=O)c2cc3n(n2)[C@H](C(F)(F)F)C[C@@H](c2ccco2)N3)cc1. The summed E-state index contributed by atoms with van der Waals surface area (Å²) in [6, 6.07) is 9.30. The number of nitrogens with one attached hydrogen (secondary N) is 2. The number of furan rings is 1. The van der Waals surface area contributed by atoms with Crippen LogP contribution in [0.4, 0.5) is 30.4 Å². The van der Waals surface area contributed by atoms with Crippen molar-refractivity contribution in [2.45, 2.75) is 38.5 Å². The fourth-order valence-corrected chi connectivity index (χ4v) is 3.90. The summed E-state index contributed by atoms with van der Waals surface area (Å²) in [5.74, 6) is -0.0761. The number of fused-ring (bicyclic) bond motifs is 1. The fourth-order valence-electron chi connectivity index (χ4n) is 3.90. The highest BCUT2D eigenvalue weighted by molar-refractivity contribution is 6.03. The molecule has 1 aliphatic rings. The molecule has 3 aromatic rings. The third-order valence-electron chi connectivity index (χ3n) is 5.56. The second-order valence-corrected chi connectivity index (χ2v) is 7.54. The van der Waals surface area contributed by atoms with E-state index in [-0.39, 0.29) is 17.9 Å². The van der Waals surface area contributed by atoms with Gasteiger partial charge in [0.15, 0.2) is 11.7 Å². The number of benzene rings is 1. The van der Waals surface area contributed by atoms with E-state index in [1.54, 1.807) is 24.3 Å². The Morgan fingerprint density at radius 3 is 2.56 bits per heavy atom. The molecule has 2 N–H and O–H groups in total. The van der Waals surface area contributed by atoms with Crippen molar-refractivity contribution in [2.75, 3.05) is 28.6 Å². The molecule has 170 valence electrons. The zero-order valence-corrected chi connectivity index (χ0v) is 17.7. The Kier molecular flexibility index (Phi) is 5.86. The third-order valence-corrected chi connectivity index (χ3v) is 5.56. The highest BCUT2D eigenvalue weighted by atomic mass is 19.4. The van der Waals surface area contributed by atoms with Crippen LogP contribution in [0, 0.1) is 0 Å². The summed E-state index contributed by atoms with van der Waals surface area (Å²) in [6.07, 6.45) is -3.41. The van der Waals surface area contributed by atoms with E-state index in [0.717, 1.165) is 23.5 Å². The number of carbonyl (C=O) groups is 1. The molecule has 0 saturated carbocycles. The average Bonchev–Trinajstić information content (AvgIpc) is 3.44. The molecule has 1 amide bonds. The summed E-state index contributed by atoms with van der Waals surface area (Å²) in [4.78, 5) is 14.9. The van der Waals surface area contributed by atoms with Crippen molar-refractivity contribution in [3.05, 3.63) is 60.2 Å². The van der Waals surface area contributed by atoms with Crippen molar-refractivity contribution in [3.8, 4) is 0 Å². The molecule has 2 atom stereocenters. The number of aromatic nitrogens is 2. The van der Waals surface area contributed by atoms with E-state index < -0.39 is 24.2 Å². The van der Waals surface area contributed by atoms with Gasteiger partial charge < -0.3 is 20.0 Å². The number of halogens is 3. The summed E-state index contributed by atoms with van der Waals surface area (Å²) in [7, 11) is 0. The van der Waals surface area contributed by atoms with Crippen molar-refractivity contribution < 1.29 is 22.4 Å². The number of alkyl halides is 3. The van der Waals surface area contributed by atoms with Gasteiger partial charge in [-0.15, -0.1) is 0 Å². The molecule has 1 aromatic carbocycles. The maximum atomic E-state index is 13.7. The van der Waals surface area contributed by atoms with Crippen LogP contribution in [0.2, 0.25) is 0 Å². The monoisotopic (exact) mass is 447 g/mol. The van der Waals surface area contributed by atoms with Gasteiger partial charge in [-0.3, -0.25) is 4.79 Å². The van der Waals surface area contributed by atoms with Gasteiger partial charge in [-0.2, -0.15) is 18.3 Å². The summed E-state index contributed by atoms with van der Waals surface area (Å²) in [6.45, 7) is 5.82. The van der Waals surface area contributed by atoms with Crippen LogP contribution in [0.3, 0.4) is 0 Å². The number of hydrogen-bond acceptors (Lipinski definition) is 5. The van der Waals surface area contributed by atoms with E-state index >= 15 is 0 Å². The molecule has 0 fully saturated rings. The second kappa shape index (κ2) is 8.60. The lowest BCUT2D eigenvalue weighted by molar-refractivity contribution is -0.174. The maximum Gasteiger partial charge on any atom is 0.410 e. The highest BCUT2D eigenvalue weighted by Crippen LogP contribution is 2.43. The van der Waals surface area contributed by atoms with Crippen molar-refractivity contribution in [2.24, 2.45) is 0 Å². The van der Waals surface area contributed by atoms with Crippen LogP contribution in [-0.2, 0) is 0 Å². The molecule has 32 heavy (non-hydrogen) atoms. The first kappa shape index (κ1) is 21.8. The Morgan fingerprint density at radius 2 is 1.97 bits per heavy atom. The summed E-state index contributed by atoms with van der Waals surface area (Å²) >= 11 is 0. The number of anilines is 3. The zero-order chi connectivity index (χ0) is 22.9. The van der Waals surface area contributed by atoms with Gasteiger partial charge in [0.05, 0.1) is 12.3 Å². The molecule has 2 aromatic heterocycles. The Balaban J connectivity index is 1.55. The number of nitrogens with zero attached hydrogens (tertiary/aromatic N) is 3. The lowest BCUT2D eigenvalue weighted by Gasteiger charge is -2.32. The Labute approximate surface area is 183 Å². The smallest absolute Gasteiger partial charge is 0.410 e. The van der Waals surface area contributed by atoms with Crippen LogP contribution >= 0.6 is 0 Å². The molecule has 3 heterocycles. The molecule has 4 rings (SSSR count). The van der Waals surface area contributed by atoms with Gasteiger partial charge in [-0.25, -0.2) is 4.68 Å². The first-order chi connectivity index (χ1) is 15.3. The molecule has 0 spiro atoms. The fraction of sp³-hybridized carbons (Fsp3) is 0.364. The predicted octanol–water partition coefficient (Wildman–Crippen LogP) is 5.23. The highest BCUT2D eigenvalue weighted by Gasteiger charge is 2.47. The molecule has 0 saturated heterocycles. The second-order valence-electron chi connectivity index (χ2n) is 7.54. The van der Waals surface area contributed by atoms with Gasteiger partial charge in [-0.05, 0) is 50.2 Å². The molecule has 10 heteroatoms. The molecular formula is C22H24F3N5O2. The first-order valence-electron chi connectivity index (χ1n) is 10.4.